The van der Waals surface area contributed by atoms with Crippen LogP contribution in [0.25, 0.3) is 0 Å². The standard InChI is InChI=1S/C28H53NO4/c1-3-4-5-6-7-8-9-10-11-12-13-14-15-16-17-18-19-29-22-24(2)26(23-29)20-25(28(32)33)21-27(30)31/h24-26H,3-23H2,1-2H3,(H,30,31)(H,32,33). The van der Waals surface area contributed by atoms with E-state index in [0.29, 0.717) is 18.3 Å². The van der Waals surface area contributed by atoms with Gasteiger partial charge in [-0.05, 0) is 31.2 Å². The van der Waals surface area contributed by atoms with Crippen molar-refractivity contribution in [3.05, 3.63) is 0 Å². The molecule has 0 saturated carbocycles. The van der Waals surface area contributed by atoms with Gasteiger partial charge in [0.25, 0.3) is 0 Å². The molecule has 1 aliphatic rings. The molecule has 1 heterocycles. The third-order valence-electron chi connectivity index (χ3n) is 7.53. The van der Waals surface area contributed by atoms with Crippen LogP contribution in [0.3, 0.4) is 0 Å². The highest BCUT2D eigenvalue weighted by atomic mass is 16.4. The lowest BCUT2D eigenvalue weighted by Crippen LogP contribution is -2.25. The van der Waals surface area contributed by atoms with Crippen LogP contribution >= 0.6 is 0 Å². The fraction of sp³-hybridized carbons (Fsp3) is 0.929. The Balaban J connectivity index is 1.95. The van der Waals surface area contributed by atoms with Crippen molar-refractivity contribution in [1.29, 1.82) is 0 Å². The predicted octanol–water partition coefficient (Wildman–Crippen LogP) is 7.38. The van der Waals surface area contributed by atoms with Crippen LogP contribution in [0.15, 0.2) is 0 Å². The lowest BCUT2D eigenvalue weighted by Gasteiger charge is -2.19. The number of carbonyl (C=O) groups is 2. The summed E-state index contributed by atoms with van der Waals surface area (Å²) in [4.78, 5) is 24.8. The molecule has 0 aliphatic carbocycles. The van der Waals surface area contributed by atoms with Gasteiger partial charge in [-0.15, -0.1) is 0 Å². The summed E-state index contributed by atoms with van der Waals surface area (Å²) in [6.07, 6.45) is 22.3. The molecular weight excluding hydrogens is 414 g/mol. The SMILES string of the molecule is CCCCCCCCCCCCCCCCCCN1CC(C)C(CC(CC(=O)O)C(=O)O)C1. The van der Waals surface area contributed by atoms with E-state index in [1.807, 2.05) is 0 Å². The second kappa shape index (κ2) is 19.2. The van der Waals surface area contributed by atoms with Gasteiger partial charge in [-0.2, -0.15) is 0 Å². The summed E-state index contributed by atoms with van der Waals surface area (Å²) >= 11 is 0. The molecule has 0 radical (unpaired) electrons. The quantitative estimate of drug-likeness (QED) is 0.162. The zero-order valence-electron chi connectivity index (χ0n) is 21.7. The highest BCUT2D eigenvalue weighted by Crippen LogP contribution is 2.30. The van der Waals surface area contributed by atoms with Gasteiger partial charge in [0, 0.05) is 13.1 Å². The van der Waals surface area contributed by atoms with E-state index in [1.165, 1.54) is 103 Å². The lowest BCUT2D eigenvalue weighted by molar-refractivity contribution is -0.148. The van der Waals surface area contributed by atoms with Gasteiger partial charge in [0.2, 0.25) is 0 Å². The van der Waals surface area contributed by atoms with Gasteiger partial charge in [-0.25, -0.2) is 0 Å². The largest absolute Gasteiger partial charge is 0.481 e. The lowest BCUT2D eigenvalue weighted by atomic mass is 9.86. The zero-order valence-corrected chi connectivity index (χ0v) is 21.7. The Hall–Kier alpha value is -1.10. The first-order chi connectivity index (χ1) is 15.9. The molecule has 0 aromatic carbocycles. The molecule has 1 aliphatic heterocycles. The summed E-state index contributed by atoms with van der Waals surface area (Å²) in [7, 11) is 0. The van der Waals surface area contributed by atoms with Crippen molar-refractivity contribution in [3.8, 4) is 0 Å². The number of nitrogens with zero attached hydrogens (tertiary/aromatic N) is 1. The summed E-state index contributed by atoms with van der Waals surface area (Å²) in [6.45, 7) is 7.49. The molecule has 0 spiro atoms. The molecule has 1 fully saturated rings. The average Bonchev–Trinajstić information content (AvgIpc) is 3.11. The fourth-order valence-corrected chi connectivity index (χ4v) is 5.36. The molecule has 5 heteroatoms. The van der Waals surface area contributed by atoms with Crippen molar-refractivity contribution >= 4 is 11.9 Å². The van der Waals surface area contributed by atoms with Gasteiger partial charge < -0.3 is 15.1 Å². The van der Waals surface area contributed by atoms with Crippen molar-refractivity contribution in [2.24, 2.45) is 17.8 Å². The normalized spacial score (nSPS) is 19.7. The molecule has 2 N–H and O–H groups in total. The van der Waals surface area contributed by atoms with E-state index in [1.54, 1.807) is 0 Å². The van der Waals surface area contributed by atoms with Gasteiger partial charge in [-0.3, -0.25) is 9.59 Å². The van der Waals surface area contributed by atoms with Crippen LogP contribution in [0.4, 0.5) is 0 Å². The minimum absolute atomic E-state index is 0.266. The Bertz CT molecular complexity index is 510. The average molecular weight is 468 g/mol. The molecule has 1 rings (SSSR count). The summed E-state index contributed by atoms with van der Waals surface area (Å²) < 4.78 is 0. The van der Waals surface area contributed by atoms with Gasteiger partial charge in [0.05, 0.1) is 12.3 Å². The maximum atomic E-state index is 11.4. The number of carboxylic acids is 2. The minimum Gasteiger partial charge on any atom is -0.481 e. The molecule has 1 saturated heterocycles. The molecule has 0 amide bonds. The number of unbranched alkanes of at least 4 members (excludes halogenated alkanes) is 15. The Morgan fingerprint density at radius 2 is 1.21 bits per heavy atom. The van der Waals surface area contributed by atoms with Crippen molar-refractivity contribution in [2.45, 2.75) is 129 Å². The molecule has 33 heavy (non-hydrogen) atoms. The van der Waals surface area contributed by atoms with Gasteiger partial charge >= 0.3 is 11.9 Å². The fourth-order valence-electron chi connectivity index (χ4n) is 5.36. The van der Waals surface area contributed by atoms with E-state index in [9.17, 15) is 14.7 Å². The third-order valence-corrected chi connectivity index (χ3v) is 7.53. The predicted molar refractivity (Wildman–Crippen MR) is 137 cm³/mol. The first-order valence-corrected chi connectivity index (χ1v) is 14.1. The Labute approximate surface area is 203 Å². The molecule has 0 aromatic heterocycles. The maximum Gasteiger partial charge on any atom is 0.307 e. The Kier molecular flexibility index (Phi) is 17.4. The maximum absolute atomic E-state index is 11.4. The smallest absolute Gasteiger partial charge is 0.307 e. The van der Waals surface area contributed by atoms with E-state index in [4.69, 9.17) is 5.11 Å². The van der Waals surface area contributed by atoms with E-state index in [0.717, 1.165) is 19.6 Å². The number of hydrogen-bond acceptors (Lipinski definition) is 3. The van der Waals surface area contributed by atoms with Gasteiger partial charge in [-0.1, -0.05) is 110 Å². The number of hydrogen-bond donors (Lipinski definition) is 2. The van der Waals surface area contributed by atoms with Crippen LogP contribution in [0.5, 0.6) is 0 Å². The molecule has 5 nitrogen and oxygen atoms in total. The van der Waals surface area contributed by atoms with Crippen LogP contribution in [0.1, 0.15) is 129 Å². The van der Waals surface area contributed by atoms with Crippen LogP contribution in [0.2, 0.25) is 0 Å². The number of aliphatic carboxylic acids is 2. The minimum atomic E-state index is -1.02. The van der Waals surface area contributed by atoms with E-state index in [2.05, 4.69) is 18.7 Å². The number of carboxylic acid groups (broad SMARTS) is 2. The van der Waals surface area contributed by atoms with Crippen LogP contribution in [0, 0.1) is 17.8 Å². The van der Waals surface area contributed by atoms with Crippen molar-refractivity contribution in [3.63, 3.8) is 0 Å². The zero-order chi connectivity index (χ0) is 24.3. The van der Waals surface area contributed by atoms with E-state index >= 15 is 0 Å². The second-order valence-corrected chi connectivity index (χ2v) is 10.7. The van der Waals surface area contributed by atoms with Crippen LogP contribution in [-0.2, 0) is 9.59 Å². The first-order valence-electron chi connectivity index (χ1n) is 14.1. The van der Waals surface area contributed by atoms with Crippen molar-refractivity contribution < 1.29 is 19.8 Å². The number of likely N-dealkylation sites (tertiary alicyclic amines) is 1. The van der Waals surface area contributed by atoms with Crippen molar-refractivity contribution in [1.82, 2.24) is 4.90 Å². The van der Waals surface area contributed by atoms with Gasteiger partial charge in [0.1, 0.15) is 0 Å². The second-order valence-electron chi connectivity index (χ2n) is 10.7. The van der Waals surface area contributed by atoms with Crippen molar-refractivity contribution in [2.75, 3.05) is 19.6 Å². The molecule has 0 aromatic rings. The van der Waals surface area contributed by atoms with Crippen LogP contribution < -0.4 is 0 Å². The molecule has 3 unspecified atom stereocenters. The molecule has 194 valence electrons. The highest BCUT2D eigenvalue weighted by molar-refractivity contribution is 5.77. The number of rotatable bonds is 22. The van der Waals surface area contributed by atoms with E-state index < -0.39 is 17.9 Å². The molecule has 0 bridgehead atoms. The molecular formula is C28H53NO4. The third kappa shape index (κ3) is 15.4. The highest BCUT2D eigenvalue weighted by Gasteiger charge is 2.33. The summed E-state index contributed by atoms with van der Waals surface area (Å²) in [5.41, 5.74) is 0. The first kappa shape index (κ1) is 29.9. The Morgan fingerprint density at radius 1 is 0.758 bits per heavy atom. The summed E-state index contributed by atoms with van der Waals surface area (Å²) in [5, 5.41) is 18.3. The van der Waals surface area contributed by atoms with Crippen LogP contribution in [-0.4, -0.2) is 46.7 Å². The Morgan fingerprint density at radius 3 is 1.64 bits per heavy atom. The van der Waals surface area contributed by atoms with Gasteiger partial charge in [0.15, 0.2) is 0 Å². The monoisotopic (exact) mass is 467 g/mol. The van der Waals surface area contributed by atoms with E-state index in [-0.39, 0.29) is 6.42 Å². The topological polar surface area (TPSA) is 77.8 Å². The summed E-state index contributed by atoms with van der Waals surface area (Å²) in [5.74, 6) is -2.00. The summed E-state index contributed by atoms with van der Waals surface area (Å²) in [6, 6.07) is 0. The molecule has 3 atom stereocenters.